The van der Waals surface area contributed by atoms with Crippen LogP contribution in [0.5, 0.6) is 5.75 Å². The molecule has 6 nitrogen and oxygen atoms in total. The van der Waals surface area contributed by atoms with Crippen LogP contribution in [-0.2, 0) is 9.53 Å². The van der Waals surface area contributed by atoms with Crippen molar-refractivity contribution >= 4 is 11.7 Å². The third-order valence-corrected chi connectivity index (χ3v) is 1.93. The van der Waals surface area contributed by atoms with Crippen molar-refractivity contribution in [3.63, 3.8) is 0 Å². The summed E-state index contributed by atoms with van der Waals surface area (Å²) < 4.78 is 9.65. The molecule has 0 bridgehead atoms. The first kappa shape index (κ1) is 12.7. The Bertz CT molecular complexity index is 438. The van der Waals surface area contributed by atoms with Gasteiger partial charge in [-0.3, -0.25) is 10.1 Å². The Morgan fingerprint density at radius 2 is 2.00 bits per heavy atom. The molecule has 0 aliphatic heterocycles. The molecule has 0 saturated carbocycles. The molecule has 0 spiro atoms. The maximum atomic E-state index is 11.0. The number of rotatable bonds is 5. The van der Waals surface area contributed by atoms with Crippen LogP contribution >= 0.6 is 0 Å². The average Bonchev–Trinajstić information content (AvgIpc) is 2.35. The van der Waals surface area contributed by atoms with Gasteiger partial charge in [-0.15, -0.1) is 0 Å². The molecule has 0 aliphatic carbocycles. The van der Waals surface area contributed by atoms with Gasteiger partial charge in [-0.05, 0) is 12.1 Å². The number of carbonyl (C=O) groups is 1. The summed E-state index contributed by atoms with van der Waals surface area (Å²) in [4.78, 5) is 20.9. The monoisotopic (exact) mass is 237 g/mol. The third-order valence-electron chi connectivity index (χ3n) is 1.93. The first-order chi connectivity index (χ1) is 8.04. The molecule has 0 unspecified atom stereocenters. The second-order valence-electron chi connectivity index (χ2n) is 3.13. The summed E-state index contributed by atoms with van der Waals surface area (Å²) in [5, 5.41) is 10.4. The molecule has 90 valence electrons. The van der Waals surface area contributed by atoms with E-state index in [1.54, 1.807) is 0 Å². The Morgan fingerprint density at radius 1 is 1.41 bits per heavy atom. The molecule has 0 aromatic heterocycles. The van der Waals surface area contributed by atoms with Gasteiger partial charge in [-0.1, -0.05) is 6.58 Å². The minimum absolute atomic E-state index is 0.0233. The summed E-state index contributed by atoms with van der Waals surface area (Å²) in [5.74, 6) is -0.132. The van der Waals surface area contributed by atoms with Crippen LogP contribution in [0, 0.1) is 10.1 Å². The summed E-state index contributed by atoms with van der Waals surface area (Å²) >= 11 is 0. The van der Waals surface area contributed by atoms with Gasteiger partial charge in [0.25, 0.3) is 5.69 Å². The van der Waals surface area contributed by atoms with E-state index in [-0.39, 0.29) is 17.9 Å². The van der Waals surface area contributed by atoms with Crippen molar-refractivity contribution in [3.05, 3.63) is 46.5 Å². The fourth-order valence-corrected chi connectivity index (χ4v) is 1.04. The van der Waals surface area contributed by atoms with Crippen molar-refractivity contribution in [2.45, 2.75) is 0 Å². The van der Waals surface area contributed by atoms with Crippen LogP contribution in [0.2, 0.25) is 0 Å². The Morgan fingerprint density at radius 3 is 2.47 bits per heavy atom. The van der Waals surface area contributed by atoms with Gasteiger partial charge in [0.1, 0.15) is 12.4 Å². The third kappa shape index (κ3) is 3.60. The number of nitro benzene ring substituents is 1. The molecule has 0 fully saturated rings. The summed E-state index contributed by atoms with van der Waals surface area (Å²) in [7, 11) is 1.25. The summed E-state index contributed by atoms with van der Waals surface area (Å²) in [6, 6.07) is 5.53. The Kier molecular flexibility index (Phi) is 4.21. The van der Waals surface area contributed by atoms with Gasteiger partial charge in [0, 0.05) is 12.1 Å². The van der Waals surface area contributed by atoms with Crippen molar-refractivity contribution in [1.29, 1.82) is 0 Å². The van der Waals surface area contributed by atoms with E-state index in [0.29, 0.717) is 5.75 Å². The van der Waals surface area contributed by atoms with Crippen molar-refractivity contribution in [2.24, 2.45) is 0 Å². The number of ether oxygens (including phenoxy) is 2. The predicted molar refractivity (Wildman–Crippen MR) is 59.7 cm³/mol. The van der Waals surface area contributed by atoms with Crippen LogP contribution in [0.3, 0.4) is 0 Å². The lowest BCUT2D eigenvalue weighted by Crippen LogP contribution is -2.11. The van der Waals surface area contributed by atoms with E-state index < -0.39 is 10.9 Å². The van der Waals surface area contributed by atoms with Gasteiger partial charge in [0.05, 0.1) is 17.6 Å². The summed E-state index contributed by atoms with van der Waals surface area (Å²) in [6.45, 7) is 3.46. The van der Waals surface area contributed by atoms with Crippen LogP contribution in [-0.4, -0.2) is 24.6 Å². The van der Waals surface area contributed by atoms with Gasteiger partial charge < -0.3 is 9.47 Å². The topological polar surface area (TPSA) is 78.7 Å². The first-order valence-corrected chi connectivity index (χ1v) is 4.68. The number of carbonyl (C=O) groups excluding carboxylic acids is 1. The molecule has 0 aliphatic rings. The summed E-state index contributed by atoms with van der Waals surface area (Å²) in [5.41, 5.74) is 0.148. The van der Waals surface area contributed by atoms with Crippen LogP contribution in [0.25, 0.3) is 0 Å². The van der Waals surface area contributed by atoms with E-state index in [1.165, 1.54) is 31.4 Å². The van der Waals surface area contributed by atoms with Gasteiger partial charge in [-0.25, -0.2) is 4.79 Å². The Hall–Kier alpha value is -2.37. The van der Waals surface area contributed by atoms with Crippen LogP contribution in [0.1, 0.15) is 0 Å². The van der Waals surface area contributed by atoms with Gasteiger partial charge in [0.15, 0.2) is 0 Å². The zero-order valence-corrected chi connectivity index (χ0v) is 9.21. The molecule has 17 heavy (non-hydrogen) atoms. The highest BCUT2D eigenvalue weighted by atomic mass is 16.6. The lowest BCUT2D eigenvalue weighted by molar-refractivity contribution is -0.384. The number of benzene rings is 1. The molecular weight excluding hydrogens is 226 g/mol. The number of hydrogen-bond donors (Lipinski definition) is 0. The zero-order chi connectivity index (χ0) is 12.8. The number of hydrogen-bond acceptors (Lipinski definition) is 5. The highest BCUT2D eigenvalue weighted by molar-refractivity contribution is 5.87. The largest absolute Gasteiger partial charge is 0.489 e. The average molecular weight is 237 g/mol. The van der Waals surface area contributed by atoms with E-state index >= 15 is 0 Å². The maximum absolute atomic E-state index is 11.0. The zero-order valence-electron chi connectivity index (χ0n) is 9.21. The van der Waals surface area contributed by atoms with Crippen LogP contribution in [0.15, 0.2) is 36.4 Å². The lowest BCUT2D eigenvalue weighted by atomic mass is 10.3. The quantitative estimate of drug-likeness (QED) is 0.337. The maximum Gasteiger partial charge on any atom is 0.336 e. The molecule has 0 atom stereocenters. The minimum Gasteiger partial charge on any atom is -0.489 e. The second kappa shape index (κ2) is 5.64. The number of nitro groups is 1. The van der Waals surface area contributed by atoms with Gasteiger partial charge >= 0.3 is 5.97 Å². The molecular formula is C11H11NO5. The Balaban J connectivity index is 2.56. The standard InChI is InChI=1S/C11H11NO5/c1-8(11(13)16-2)7-17-10-5-3-9(4-6-10)12(14)15/h3-6H,1,7H2,2H3. The van der Waals surface area contributed by atoms with E-state index in [0.717, 1.165) is 0 Å². The number of esters is 1. The lowest BCUT2D eigenvalue weighted by Gasteiger charge is -2.06. The molecule has 1 aromatic carbocycles. The van der Waals surface area contributed by atoms with E-state index in [2.05, 4.69) is 11.3 Å². The normalized spacial score (nSPS) is 9.47. The predicted octanol–water partition coefficient (Wildman–Crippen LogP) is 1.70. The fourth-order valence-electron chi connectivity index (χ4n) is 1.04. The highest BCUT2D eigenvalue weighted by Gasteiger charge is 2.08. The molecule has 0 amide bonds. The molecule has 0 radical (unpaired) electrons. The molecule has 6 heteroatoms. The van der Waals surface area contributed by atoms with Crippen molar-refractivity contribution < 1.29 is 19.2 Å². The number of non-ortho nitro benzene ring substituents is 1. The van der Waals surface area contributed by atoms with Crippen molar-refractivity contribution in [2.75, 3.05) is 13.7 Å². The highest BCUT2D eigenvalue weighted by Crippen LogP contribution is 2.17. The van der Waals surface area contributed by atoms with Crippen LogP contribution in [0.4, 0.5) is 5.69 Å². The van der Waals surface area contributed by atoms with Gasteiger partial charge in [0.2, 0.25) is 0 Å². The van der Waals surface area contributed by atoms with Crippen molar-refractivity contribution in [1.82, 2.24) is 0 Å². The van der Waals surface area contributed by atoms with E-state index in [1.807, 2.05) is 0 Å². The SMILES string of the molecule is C=C(COc1ccc([N+](=O)[O-])cc1)C(=O)OC. The Labute approximate surface area is 97.6 Å². The fraction of sp³-hybridized carbons (Fsp3) is 0.182. The molecule has 0 saturated heterocycles. The van der Waals surface area contributed by atoms with Crippen molar-refractivity contribution in [3.8, 4) is 5.75 Å². The van der Waals surface area contributed by atoms with Gasteiger partial charge in [-0.2, -0.15) is 0 Å². The first-order valence-electron chi connectivity index (χ1n) is 4.68. The second-order valence-corrected chi connectivity index (χ2v) is 3.13. The van der Waals surface area contributed by atoms with E-state index in [9.17, 15) is 14.9 Å². The van der Waals surface area contributed by atoms with E-state index in [4.69, 9.17) is 4.74 Å². The molecule has 1 aromatic rings. The molecule has 0 N–H and O–H groups in total. The minimum atomic E-state index is -0.549. The smallest absolute Gasteiger partial charge is 0.336 e. The summed E-state index contributed by atoms with van der Waals surface area (Å²) in [6.07, 6.45) is 0. The molecule has 0 heterocycles. The number of nitrogens with zero attached hydrogens (tertiary/aromatic N) is 1. The number of methoxy groups -OCH3 is 1. The molecule has 1 rings (SSSR count). The van der Waals surface area contributed by atoms with Crippen LogP contribution < -0.4 is 4.74 Å².